The molecule has 0 atom stereocenters. The summed E-state index contributed by atoms with van der Waals surface area (Å²) in [6, 6.07) is 8.43. The van der Waals surface area contributed by atoms with Gasteiger partial charge in [0.1, 0.15) is 16.5 Å². The van der Waals surface area contributed by atoms with Crippen molar-refractivity contribution in [2.24, 2.45) is 5.73 Å². The third-order valence-electron chi connectivity index (χ3n) is 3.59. The van der Waals surface area contributed by atoms with E-state index in [4.69, 9.17) is 28.9 Å². The Morgan fingerprint density at radius 3 is 2.52 bits per heavy atom. The molecule has 2 aromatic rings. The van der Waals surface area contributed by atoms with Gasteiger partial charge in [-0.15, -0.1) is 11.3 Å². The fraction of sp³-hybridized carbons (Fsp3) is 0.211. The molecule has 2 amide bonds. The molecule has 27 heavy (non-hydrogen) atoms. The Hall–Kier alpha value is -2.33. The van der Waals surface area contributed by atoms with E-state index in [1.807, 2.05) is 26.8 Å². The fourth-order valence-electron chi connectivity index (χ4n) is 2.16. The molecule has 0 fully saturated rings. The van der Waals surface area contributed by atoms with Crippen LogP contribution in [0.3, 0.4) is 0 Å². The Morgan fingerprint density at radius 2 is 1.96 bits per heavy atom. The molecule has 1 aromatic carbocycles. The standard InChI is InChI=1S/C19H17Cl2N3O2S/c1-19(2,3)14-8-13(16(27-14)17(23)25)24-18(26)11(9-22)7-10-5-4-6-12(20)15(10)21/h4-8H,1-3H3,(H2,23,25)(H,24,26)/b11-7+. The van der Waals surface area contributed by atoms with E-state index in [9.17, 15) is 14.9 Å². The van der Waals surface area contributed by atoms with E-state index in [0.29, 0.717) is 10.6 Å². The number of anilines is 1. The summed E-state index contributed by atoms with van der Waals surface area (Å²) in [5.74, 6) is -1.32. The Bertz CT molecular complexity index is 982. The molecular weight excluding hydrogens is 405 g/mol. The Kier molecular flexibility index (Phi) is 6.32. The van der Waals surface area contributed by atoms with E-state index < -0.39 is 11.8 Å². The summed E-state index contributed by atoms with van der Waals surface area (Å²) in [6.45, 7) is 5.95. The van der Waals surface area contributed by atoms with Gasteiger partial charge in [-0.25, -0.2) is 0 Å². The van der Waals surface area contributed by atoms with Crippen molar-refractivity contribution in [2.45, 2.75) is 26.2 Å². The number of rotatable bonds is 4. The maximum Gasteiger partial charge on any atom is 0.266 e. The molecule has 0 unspecified atom stereocenters. The molecule has 5 nitrogen and oxygen atoms in total. The number of benzene rings is 1. The van der Waals surface area contributed by atoms with E-state index in [-0.39, 0.29) is 26.6 Å². The molecule has 1 aromatic heterocycles. The number of amides is 2. The third-order valence-corrected chi connectivity index (χ3v) is 6.00. The molecule has 2 rings (SSSR count). The minimum atomic E-state index is -0.672. The predicted molar refractivity (Wildman–Crippen MR) is 110 cm³/mol. The molecule has 0 aliphatic heterocycles. The summed E-state index contributed by atoms with van der Waals surface area (Å²) < 4.78 is 0. The number of hydrogen-bond donors (Lipinski definition) is 2. The number of halogens is 2. The molecule has 0 saturated heterocycles. The van der Waals surface area contributed by atoms with Crippen LogP contribution in [0.1, 0.15) is 40.9 Å². The van der Waals surface area contributed by atoms with Gasteiger partial charge in [0, 0.05) is 4.88 Å². The van der Waals surface area contributed by atoms with Crippen LogP contribution in [0.2, 0.25) is 10.0 Å². The van der Waals surface area contributed by atoms with Gasteiger partial charge < -0.3 is 11.1 Å². The summed E-state index contributed by atoms with van der Waals surface area (Å²) in [4.78, 5) is 25.4. The van der Waals surface area contributed by atoms with Gasteiger partial charge in [0.25, 0.3) is 11.8 Å². The maximum absolute atomic E-state index is 12.6. The van der Waals surface area contributed by atoms with Crippen molar-refractivity contribution in [3.05, 3.63) is 55.2 Å². The first-order valence-electron chi connectivity index (χ1n) is 7.86. The smallest absolute Gasteiger partial charge is 0.266 e. The molecule has 0 bridgehead atoms. The Balaban J connectivity index is 2.39. The number of nitrogens with zero attached hydrogens (tertiary/aromatic N) is 1. The lowest BCUT2D eigenvalue weighted by Gasteiger charge is -2.15. The van der Waals surface area contributed by atoms with Crippen molar-refractivity contribution in [3.63, 3.8) is 0 Å². The van der Waals surface area contributed by atoms with E-state index in [2.05, 4.69) is 5.32 Å². The Labute approximate surface area is 171 Å². The van der Waals surface area contributed by atoms with Gasteiger partial charge in [-0.2, -0.15) is 5.26 Å². The second kappa shape index (κ2) is 8.13. The number of carbonyl (C=O) groups excluding carboxylic acids is 2. The van der Waals surface area contributed by atoms with Crippen LogP contribution in [-0.2, 0) is 10.2 Å². The van der Waals surface area contributed by atoms with Crippen LogP contribution in [0.25, 0.3) is 6.08 Å². The van der Waals surface area contributed by atoms with Gasteiger partial charge in [-0.1, -0.05) is 56.1 Å². The van der Waals surface area contributed by atoms with Crippen LogP contribution in [0, 0.1) is 11.3 Å². The second-order valence-corrected chi connectivity index (χ2v) is 8.57. The quantitative estimate of drug-likeness (QED) is 0.536. The van der Waals surface area contributed by atoms with Crippen LogP contribution in [0.4, 0.5) is 5.69 Å². The fourth-order valence-corrected chi connectivity index (χ4v) is 3.55. The average molecular weight is 422 g/mol. The highest BCUT2D eigenvalue weighted by atomic mass is 35.5. The van der Waals surface area contributed by atoms with Crippen LogP contribution in [-0.4, -0.2) is 11.8 Å². The van der Waals surface area contributed by atoms with Crippen LogP contribution in [0.5, 0.6) is 0 Å². The minimum Gasteiger partial charge on any atom is -0.365 e. The van der Waals surface area contributed by atoms with Crippen LogP contribution < -0.4 is 11.1 Å². The zero-order chi connectivity index (χ0) is 20.4. The average Bonchev–Trinajstić information content (AvgIpc) is 3.00. The van der Waals surface area contributed by atoms with Gasteiger partial charge in [0.05, 0.1) is 15.7 Å². The topological polar surface area (TPSA) is 96.0 Å². The van der Waals surface area contributed by atoms with Crippen molar-refractivity contribution in [3.8, 4) is 6.07 Å². The molecule has 0 aliphatic carbocycles. The van der Waals surface area contributed by atoms with Crippen molar-refractivity contribution < 1.29 is 9.59 Å². The van der Waals surface area contributed by atoms with Gasteiger partial charge in [-0.05, 0) is 29.2 Å². The minimum absolute atomic E-state index is 0.182. The van der Waals surface area contributed by atoms with Crippen LogP contribution >= 0.6 is 34.5 Å². The number of nitriles is 1. The van der Waals surface area contributed by atoms with Gasteiger partial charge in [-0.3, -0.25) is 9.59 Å². The summed E-state index contributed by atoms with van der Waals surface area (Å²) >= 11 is 13.3. The van der Waals surface area contributed by atoms with E-state index >= 15 is 0 Å². The molecule has 0 aliphatic rings. The number of nitrogens with one attached hydrogen (secondary N) is 1. The molecule has 0 spiro atoms. The number of carbonyl (C=O) groups is 2. The van der Waals surface area contributed by atoms with Crippen molar-refractivity contribution >= 4 is 58.1 Å². The summed E-state index contributed by atoms with van der Waals surface area (Å²) in [6.07, 6.45) is 1.34. The summed E-state index contributed by atoms with van der Waals surface area (Å²) in [7, 11) is 0. The number of nitrogens with two attached hydrogens (primary N) is 1. The van der Waals surface area contributed by atoms with Crippen molar-refractivity contribution in [2.75, 3.05) is 5.32 Å². The number of primary amides is 1. The normalized spacial score (nSPS) is 11.8. The first-order chi connectivity index (χ1) is 12.5. The van der Waals surface area contributed by atoms with E-state index in [0.717, 1.165) is 4.88 Å². The maximum atomic E-state index is 12.6. The zero-order valence-electron chi connectivity index (χ0n) is 14.9. The zero-order valence-corrected chi connectivity index (χ0v) is 17.2. The SMILES string of the molecule is CC(C)(C)c1cc(NC(=O)/C(C#N)=C/c2cccc(Cl)c2Cl)c(C(N)=O)s1. The molecule has 0 saturated carbocycles. The largest absolute Gasteiger partial charge is 0.365 e. The van der Waals surface area contributed by atoms with Gasteiger partial charge in [0.2, 0.25) is 0 Å². The molecule has 0 radical (unpaired) electrons. The first-order valence-corrected chi connectivity index (χ1v) is 9.43. The van der Waals surface area contributed by atoms with Gasteiger partial charge in [0.15, 0.2) is 0 Å². The molecule has 3 N–H and O–H groups in total. The number of thiophene rings is 1. The van der Waals surface area contributed by atoms with Crippen molar-refractivity contribution in [1.82, 2.24) is 0 Å². The second-order valence-electron chi connectivity index (χ2n) is 6.73. The summed E-state index contributed by atoms with van der Waals surface area (Å²) in [5.41, 5.74) is 5.73. The number of hydrogen-bond acceptors (Lipinski definition) is 4. The first kappa shape index (κ1) is 21.0. The van der Waals surface area contributed by atoms with E-state index in [1.165, 1.54) is 17.4 Å². The molecule has 1 heterocycles. The highest BCUT2D eigenvalue weighted by Gasteiger charge is 2.23. The monoisotopic (exact) mass is 421 g/mol. The highest BCUT2D eigenvalue weighted by Crippen LogP contribution is 2.35. The van der Waals surface area contributed by atoms with Gasteiger partial charge >= 0.3 is 0 Å². The lowest BCUT2D eigenvalue weighted by Crippen LogP contribution is -2.17. The molecule has 140 valence electrons. The molecular formula is C19H17Cl2N3O2S. The van der Waals surface area contributed by atoms with E-state index in [1.54, 1.807) is 24.3 Å². The third kappa shape index (κ3) is 4.89. The Morgan fingerprint density at radius 1 is 1.30 bits per heavy atom. The lowest BCUT2D eigenvalue weighted by atomic mass is 9.94. The summed E-state index contributed by atoms with van der Waals surface area (Å²) in [5, 5.41) is 12.5. The van der Waals surface area contributed by atoms with Crippen molar-refractivity contribution in [1.29, 1.82) is 5.26 Å². The predicted octanol–water partition coefficient (Wildman–Crippen LogP) is 5.00. The molecule has 8 heteroatoms. The van der Waals surface area contributed by atoms with Crippen LogP contribution in [0.15, 0.2) is 29.8 Å². The highest BCUT2D eigenvalue weighted by molar-refractivity contribution is 7.14. The lowest BCUT2D eigenvalue weighted by molar-refractivity contribution is -0.112.